The molecule has 0 atom stereocenters. The largest absolute Gasteiger partial charge is 0.497 e. The van der Waals surface area contributed by atoms with Crippen molar-refractivity contribution in [2.45, 2.75) is 19.5 Å². The third-order valence-electron chi connectivity index (χ3n) is 4.92. The Morgan fingerprint density at radius 2 is 2.04 bits per heavy atom. The van der Waals surface area contributed by atoms with Crippen molar-refractivity contribution in [3.8, 4) is 17.5 Å². The molecule has 0 saturated heterocycles. The van der Waals surface area contributed by atoms with Gasteiger partial charge in [0.05, 0.1) is 30.1 Å². The van der Waals surface area contributed by atoms with Crippen LogP contribution in [-0.4, -0.2) is 28.3 Å². The van der Waals surface area contributed by atoms with Gasteiger partial charge in [0.15, 0.2) is 0 Å². The number of aromatic amines is 1. The van der Waals surface area contributed by atoms with Crippen molar-refractivity contribution in [1.82, 2.24) is 14.7 Å². The van der Waals surface area contributed by atoms with Crippen LogP contribution in [-0.2, 0) is 19.5 Å². The molecule has 136 valence electrons. The number of hydrogen-bond acceptors (Lipinski definition) is 4. The van der Waals surface area contributed by atoms with Crippen LogP contribution in [0.2, 0.25) is 0 Å². The molecule has 1 aromatic heterocycles. The molecule has 6 heteroatoms. The molecule has 0 unspecified atom stereocenters. The Kier molecular flexibility index (Phi) is 4.53. The summed E-state index contributed by atoms with van der Waals surface area (Å²) in [5.74, 6) is 0.758. The predicted octanol–water partition coefficient (Wildman–Crippen LogP) is 2.60. The molecule has 1 aliphatic rings. The number of ether oxygens (including phenoxy) is 1. The molecule has 3 aromatic rings. The highest BCUT2D eigenvalue weighted by Crippen LogP contribution is 2.19. The van der Waals surface area contributed by atoms with E-state index in [9.17, 15) is 4.79 Å². The number of nitrogens with one attached hydrogen (secondary N) is 1. The molecule has 4 rings (SSSR count). The van der Waals surface area contributed by atoms with Gasteiger partial charge in [-0.25, -0.2) is 4.68 Å². The van der Waals surface area contributed by atoms with Gasteiger partial charge >= 0.3 is 0 Å². The SMILES string of the molecule is COc1ccc(-n2[nH]c3c(c2=O)CCN(Cc2cccc(C#N)c2)C3)cc1. The van der Waals surface area contributed by atoms with Crippen LogP contribution in [0.15, 0.2) is 53.3 Å². The second-order valence-corrected chi connectivity index (χ2v) is 6.68. The van der Waals surface area contributed by atoms with Gasteiger partial charge in [0, 0.05) is 25.2 Å². The molecule has 1 N–H and O–H groups in total. The summed E-state index contributed by atoms with van der Waals surface area (Å²) in [4.78, 5) is 15.0. The van der Waals surface area contributed by atoms with Crippen molar-refractivity contribution in [3.63, 3.8) is 0 Å². The number of H-pyrrole nitrogens is 1. The molecule has 1 aliphatic heterocycles. The fourth-order valence-corrected chi connectivity index (χ4v) is 3.52. The van der Waals surface area contributed by atoms with E-state index in [4.69, 9.17) is 10.00 Å². The number of rotatable bonds is 4. The Morgan fingerprint density at radius 3 is 2.78 bits per heavy atom. The van der Waals surface area contributed by atoms with Crippen molar-refractivity contribution in [3.05, 3.63) is 81.3 Å². The van der Waals surface area contributed by atoms with Gasteiger partial charge in [-0.05, 0) is 48.4 Å². The van der Waals surface area contributed by atoms with E-state index < -0.39 is 0 Å². The van der Waals surface area contributed by atoms with E-state index in [1.165, 1.54) is 0 Å². The number of fused-ring (bicyclic) bond motifs is 1. The zero-order valence-electron chi connectivity index (χ0n) is 15.1. The monoisotopic (exact) mass is 360 g/mol. The van der Waals surface area contributed by atoms with Crippen LogP contribution in [0.3, 0.4) is 0 Å². The minimum Gasteiger partial charge on any atom is -0.497 e. The van der Waals surface area contributed by atoms with E-state index in [-0.39, 0.29) is 5.56 Å². The van der Waals surface area contributed by atoms with Crippen molar-refractivity contribution in [1.29, 1.82) is 5.26 Å². The minimum absolute atomic E-state index is 0.0151. The smallest absolute Gasteiger partial charge is 0.274 e. The van der Waals surface area contributed by atoms with Crippen LogP contribution in [0.4, 0.5) is 0 Å². The Morgan fingerprint density at radius 1 is 1.22 bits per heavy atom. The van der Waals surface area contributed by atoms with Gasteiger partial charge in [-0.1, -0.05) is 12.1 Å². The summed E-state index contributed by atoms with van der Waals surface area (Å²) >= 11 is 0. The first-order valence-corrected chi connectivity index (χ1v) is 8.86. The molecule has 0 radical (unpaired) electrons. The number of aromatic nitrogens is 2. The Labute approximate surface area is 157 Å². The van der Waals surface area contributed by atoms with Gasteiger partial charge in [0.1, 0.15) is 5.75 Å². The van der Waals surface area contributed by atoms with Gasteiger partial charge < -0.3 is 4.74 Å². The van der Waals surface area contributed by atoms with Crippen molar-refractivity contribution in [2.24, 2.45) is 0 Å². The summed E-state index contributed by atoms with van der Waals surface area (Å²) in [5, 5.41) is 12.3. The molecular formula is C21H20N4O2. The first-order chi connectivity index (χ1) is 13.2. The standard InChI is InChI=1S/C21H20N4O2/c1-27-18-7-5-17(6-8-18)25-21(26)19-9-10-24(14-20(19)23-25)13-16-4-2-3-15(11-16)12-22/h2-8,11,23H,9-10,13-14H2,1H3. The fraction of sp³-hybridized carbons (Fsp3) is 0.238. The van der Waals surface area contributed by atoms with E-state index in [0.717, 1.165) is 41.3 Å². The van der Waals surface area contributed by atoms with E-state index in [2.05, 4.69) is 16.1 Å². The van der Waals surface area contributed by atoms with Crippen LogP contribution < -0.4 is 10.3 Å². The summed E-state index contributed by atoms with van der Waals surface area (Å²) in [6.45, 7) is 2.26. The van der Waals surface area contributed by atoms with E-state index in [1.807, 2.05) is 48.5 Å². The average molecular weight is 360 g/mol. The molecule has 2 heterocycles. The topological polar surface area (TPSA) is 74.0 Å². The average Bonchev–Trinajstić information content (AvgIpc) is 3.04. The zero-order valence-corrected chi connectivity index (χ0v) is 15.1. The highest BCUT2D eigenvalue weighted by Gasteiger charge is 2.23. The van der Waals surface area contributed by atoms with Crippen LogP contribution in [0.25, 0.3) is 5.69 Å². The third-order valence-corrected chi connectivity index (χ3v) is 4.92. The molecule has 0 aliphatic carbocycles. The Bertz CT molecular complexity index is 1060. The number of nitriles is 1. The summed E-state index contributed by atoms with van der Waals surface area (Å²) in [6.07, 6.45) is 0.714. The van der Waals surface area contributed by atoms with Crippen molar-refractivity contribution < 1.29 is 4.74 Å². The van der Waals surface area contributed by atoms with Crippen LogP contribution in [0.5, 0.6) is 5.75 Å². The van der Waals surface area contributed by atoms with Gasteiger partial charge in [-0.3, -0.25) is 14.8 Å². The lowest BCUT2D eigenvalue weighted by Gasteiger charge is -2.25. The maximum Gasteiger partial charge on any atom is 0.274 e. The first kappa shape index (κ1) is 17.1. The maximum absolute atomic E-state index is 12.8. The lowest BCUT2D eigenvalue weighted by atomic mass is 10.1. The highest BCUT2D eigenvalue weighted by molar-refractivity contribution is 5.38. The van der Waals surface area contributed by atoms with Gasteiger partial charge in [0.2, 0.25) is 0 Å². The Hall–Kier alpha value is -3.30. The molecular weight excluding hydrogens is 340 g/mol. The van der Waals surface area contributed by atoms with Gasteiger partial charge in [-0.2, -0.15) is 5.26 Å². The zero-order chi connectivity index (χ0) is 18.8. The molecule has 0 amide bonds. The number of nitrogens with zero attached hydrogens (tertiary/aromatic N) is 3. The van der Waals surface area contributed by atoms with Crippen molar-refractivity contribution >= 4 is 0 Å². The third kappa shape index (κ3) is 3.37. The summed E-state index contributed by atoms with van der Waals surface area (Å²) < 4.78 is 6.78. The summed E-state index contributed by atoms with van der Waals surface area (Å²) in [7, 11) is 1.62. The number of methoxy groups -OCH3 is 1. The normalized spacial score (nSPS) is 13.8. The van der Waals surface area contributed by atoms with Gasteiger partial charge in [-0.15, -0.1) is 0 Å². The van der Waals surface area contributed by atoms with E-state index >= 15 is 0 Å². The summed E-state index contributed by atoms with van der Waals surface area (Å²) in [6, 6.07) is 17.3. The molecule has 27 heavy (non-hydrogen) atoms. The minimum atomic E-state index is 0.0151. The quantitative estimate of drug-likeness (QED) is 0.776. The number of benzene rings is 2. The molecule has 2 aromatic carbocycles. The van der Waals surface area contributed by atoms with Crippen LogP contribution in [0, 0.1) is 11.3 Å². The number of hydrogen-bond donors (Lipinski definition) is 1. The first-order valence-electron chi connectivity index (χ1n) is 8.86. The fourth-order valence-electron chi connectivity index (χ4n) is 3.52. The van der Waals surface area contributed by atoms with Gasteiger partial charge in [0.25, 0.3) is 5.56 Å². The highest BCUT2D eigenvalue weighted by atomic mass is 16.5. The second kappa shape index (κ2) is 7.14. The van der Waals surface area contributed by atoms with Crippen LogP contribution >= 0.6 is 0 Å². The molecule has 0 saturated carbocycles. The summed E-state index contributed by atoms with van der Waals surface area (Å²) in [5.41, 5.74) is 4.40. The lowest BCUT2D eigenvalue weighted by Crippen LogP contribution is -2.31. The molecule has 6 nitrogen and oxygen atoms in total. The maximum atomic E-state index is 12.8. The predicted molar refractivity (Wildman–Crippen MR) is 102 cm³/mol. The molecule has 0 bridgehead atoms. The van der Waals surface area contributed by atoms with E-state index in [0.29, 0.717) is 18.5 Å². The van der Waals surface area contributed by atoms with E-state index in [1.54, 1.807) is 11.8 Å². The van der Waals surface area contributed by atoms with Crippen molar-refractivity contribution in [2.75, 3.05) is 13.7 Å². The lowest BCUT2D eigenvalue weighted by molar-refractivity contribution is 0.242. The molecule has 0 spiro atoms. The molecule has 0 fully saturated rings. The second-order valence-electron chi connectivity index (χ2n) is 6.68. The van der Waals surface area contributed by atoms with Crippen LogP contribution in [0.1, 0.15) is 22.4 Å². The Balaban J connectivity index is 1.56.